The highest BCUT2D eigenvalue weighted by molar-refractivity contribution is 5.64. The molecule has 1 atom stereocenters. The highest BCUT2D eigenvalue weighted by Crippen LogP contribution is 2.38. The van der Waals surface area contributed by atoms with Gasteiger partial charge in [-0.1, -0.05) is 29.8 Å². The number of rotatable bonds is 6. The lowest BCUT2D eigenvalue weighted by molar-refractivity contribution is 0.0452. The van der Waals surface area contributed by atoms with Gasteiger partial charge < -0.3 is 24.2 Å². The molecule has 2 aliphatic heterocycles. The number of methoxy groups -OCH3 is 2. The van der Waals surface area contributed by atoms with Gasteiger partial charge in [0.25, 0.3) is 0 Å². The lowest BCUT2D eigenvalue weighted by atomic mass is 9.92. The monoisotopic (exact) mass is 412 g/mol. The molecule has 0 aromatic heterocycles. The fraction of sp³-hybridized carbons (Fsp3) is 0.500. The molecule has 2 saturated heterocycles. The van der Waals surface area contributed by atoms with Crippen molar-refractivity contribution in [2.24, 2.45) is 0 Å². The first-order chi connectivity index (χ1) is 14.5. The average Bonchev–Trinajstić information content (AvgIpc) is 3.16. The molecule has 0 amide bonds. The summed E-state index contributed by atoms with van der Waals surface area (Å²) in [5.41, 5.74) is 3.49. The zero-order chi connectivity index (χ0) is 21.1. The topological polar surface area (TPSA) is 54.4 Å². The van der Waals surface area contributed by atoms with Crippen LogP contribution in [-0.2, 0) is 16.9 Å². The molecular formula is C24H32N2O4. The summed E-state index contributed by atoms with van der Waals surface area (Å²) >= 11 is 0. The van der Waals surface area contributed by atoms with E-state index in [9.17, 15) is 5.11 Å². The summed E-state index contributed by atoms with van der Waals surface area (Å²) < 4.78 is 16.9. The minimum atomic E-state index is -0.807. The molecule has 0 aliphatic carbocycles. The molecule has 162 valence electrons. The van der Waals surface area contributed by atoms with E-state index in [-0.39, 0.29) is 0 Å². The van der Waals surface area contributed by atoms with E-state index in [4.69, 9.17) is 14.2 Å². The Balaban J connectivity index is 1.53. The molecule has 6 nitrogen and oxygen atoms in total. The lowest BCUT2D eigenvalue weighted by Gasteiger charge is -2.31. The van der Waals surface area contributed by atoms with Gasteiger partial charge in [-0.05, 0) is 25.0 Å². The molecule has 0 unspecified atom stereocenters. The number of hydrogen-bond donors (Lipinski definition) is 1. The summed E-state index contributed by atoms with van der Waals surface area (Å²) in [5, 5.41) is 11.2. The van der Waals surface area contributed by atoms with Crippen LogP contribution in [0, 0.1) is 6.92 Å². The second-order valence-electron chi connectivity index (χ2n) is 8.29. The van der Waals surface area contributed by atoms with Crippen molar-refractivity contribution >= 4 is 5.69 Å². The third-order valence-corrected chi connectivity index (χ3v) is 6.24. The van der Waals surface area contributed by atoms with Crippen molar-refractivity contribution in [3.63, 3.8) is 0 Å². The van der Waals surface area contributed by atoms with E-state index in [0.717, 1.165) is 67.6 Å². The molecule has 2 aromatic carbocycles. The normalized spacial score (nSPS) is 22.3. The van der Waals surface area contributed by atoms with Crippen molar-refractivity contribution in [2.45, 2.75) is 25.5 Å². The number of aryl methyl sites for hydroxylation is 1. The van der Waals surface area contributed by atoms with Crippen molar-refractivity contribution in [3.8, 4) is 11.5 Å². The summed E-state index contributed by atoms with van der Waals surface area (Å²) in [6, 6.07) is 12.4. The minimum absolute atomic E-state index is 0.604. The molecule has 0 bridgehead atoms. The Labute approximate surface area is 179 Å². The molecule has 2 fully saturated rings. The van der Waals surface area contributed by atoms with Gasteiger partial charge in [0.15, 0.2) is 0 Å². The second-order valence-corrected chi connectivity index (χ2v) is 8.29. The molecule has 1 N–H and O–H groups in total. The minimum Gasteiger partial charge on any atom is -0.496 e. The van der Waals surface area contributed by atoms with E-state index in [1.807, 2.05) is 12.1 Å². The number of ether oxygens (including phenoxy) is 3. The van der Waals surface area contributed by atoms with Crippen LogP contribution in [-0.4, -0.2) is 63.6 Å². The van der Waals surface area contributed by atoms with Crippen LogP contribution in [0.15, 0.2) is 36.4 Å². The lowest BCUT2D eigenvalue weighted by Crippen LogP contribution is -2.36. The molecule has 6 heteroatoms. The number of nitrogens with zero attached hydrogens (tertiary/aromatic N) is 2. The Morgan fingerprint density at radius 3 is 2.37 bits per heavy atom. The summed E-state index contributed by atoms with van der Waals surface area (Å²) in [4.78, 5) is 4.56. The van der Waals surface area contributed by atoms with Crippen LogP contribution in [0.5, 0.6) is 11.5 Å². The molecule has 0 radical (unpaired) electrons. The molecule has 4 rings (SSSR count). The SMILES string of the molecule is COc1cc(N2CCOCC2)c(OC)cc1CN1CC[C@](O)(c2ccc(C)cc2)C1. The smallest absolute Gasteiger partial charge is 0.142 e. The number of aliphatic hydroxyl groups is 1. The molecule has 0 spiro atoms. The maximum atomic E-state index is 11.2. The summed E-state index contributed by atoms with van der Waals surface area (Å²) in [6.07, 6.45) is 0.724. The Bertz CT molecular complexity index is 864. The predicted octanol–water partition coefficient (Wildman–Crippen LogP) is 2.94. The number of β-amino-alcohol motifs (C(OH)–C–C–N with tert-alkyl or cyclic N) is 1. The van der Waals surface area contributed by atoms with Gasteiger partial charge in [0.1, 0.15) is 17.1 Å². The fourth-order valence-electron chi connectivity index (χ4n) is 4.47. The van der Waals surface area contributed by atoms with Crippen LogP contribution in [0.25, 0.3) is 0 Å². The van der Waals surface area contributed by atoms with E-state index in [1.54, 1.807) is 14.2 Å². The molecule has 0 saturated carbocycles. The number of morpholine rings is 1. The first-order valence-corrected chi connectivity index (χ1v) is 10.6. The van der Waals surface area contributed by atoms with Crippen molar-refractivity contribution in [3.05, 3.63) is 53.1 Å². The molecule has 2 aromatic rings. The van der Waals surface area contributed by atoms with Gasteiger partial charge >= 0.3 is 0 Å². The highest BCUT2D eigenvalue weighted by Gasteiger charge is 2.37. The standard InChI is InChI=1S/C24H32N2O4/c1-18-4-6-20(7-5-18)24(27)8-9-25(17-24)16-19-14-23(29-3)21(15-22(19)28-2)26-10-12-30-13-11-26/h4-7,14-15,27H,8-13,16-17H2,1-3H3/t24-/m1/s1. The highest BCUT2D eigenvalue weighted by atomic mass is 16.5. The van der Waals surface area contributed by atoms with Gasteiger partial charge in [0.2, 0.25) is 0 Å². The predicted molar refractivity (Wildman–Crippen MR) is 118 cm³/mol. The number of likely N-dealkylation sites (tertiary alicyclic amines) is 1. The van der Waals surface area contributed by atoms with Gasteiger partial charge in [-0.3, -0.25) is 4.90 Å². The molecule has 2 aliphatic rings. The molecule has 30 heavy (non-hydrogen) atoms. The van der Waals surface area contributed by atoms with E-state index >= 15 is 0 Å². The van der Waals surface area contributed by atoms with Crippen LogP contribution < -0.4 is 14.4 Å². The Hall–Kier alpha value is -2.28. The Morgan fingerprint density at radius 2 is 1.70 bits per heavy atom. The van der Waals surface area contributed by atoms with Gasteiger partial charge in [-0.15, -0.1) is 0 Å². The Morgan fingerprint density at radius 1 is 1.00 bits per heavy atom. The van der Waals surface area contributed by atoms with Crippen LogP contribution in [0.4, 0.5) is 5.69 Å². The van der Waals surface area contributed by atoms with Crippen LogP contribution in [0.1, 0.15) is 23.1 Å². The second kappa shape index (κ2) is 8.84. The van der Waals surface area contributed by atoms with Crippen molar-refractivity contribution in [2.75, 3.05) is 58.5 Å². The zero-order valence-electron chi connectivity index (χ0n) is 18.2. The van der Waals surface area contributed by atoms with Crippen LogP contribution in [0.3, 0.4) is 0 Å². The van der Waals surface area contributed by atoms with Crippen molar-refractivity contribution in [1.82, 2.24) is 4.90 Å². The Kier molecular flexibility index (Phi) is 6.18. The fourth-order valence-corrected chi connectivity index (χ4v) is 4.47. The third kappa shape index (κ3) is 4.26. The zero-order valence-corrected chi connectivity index (χ0v) is 18.2. The van der Waals surface area contributed by atoms with E-state index in [0.29, 0.717) is 13.1 Å². The summed E-state index contributed by atoms with van der Waals surface area (Å²) in [5.74, 6) is 1.70. The average molecular weight is 413 g/mol. The quantitative estimate of drug-likeness (QED) is 0.787. The van der Waals surface area contributed by atoms with Gasteiger partial charge in [-0.2, -0.15) is 0 Å². The van der Waals surface area contributed by atoms with E-state index in [1.165, 1.54) is 5.56 Å². The van der Waals surface area contributed by atoms with Crippen LogP contribution >= 0.6 is 0 Å². The van der Waals surface area contributed by atoms with Gasteiger partial charge in [-0.25, -0.2) is 0 Å². The van der Waals surface area contributed by atoms with E-state index < -0.39 is 5.60 Å². The number of hydrogen-bond acceptors (Lipinski definition) is 6. The van der Waals surface area contributed by atoms with Gasteiger partial charge in [0.05, 0.1) is 33.1 Å². The van der Waals surface area contributed by atoms with Crippen LogP contribution in [0.2, 0.25) is 0 Å². The summed E-state index contributed by atoms with van der Waals surface area (Å²) in [7, 11) is 3.42. The largest absolute Gasteiger partial charge is 0.496 e. The maximum absolute atomic E-state index is 11.2. The van der Waals surface area contributed by atoms with Crippen molar-refractivity contribution in [1.29, 1.82) is 0 Å². The summed E-state index contributed by atoms with van der Waals surface area (Å²) in [6.45, 7) is 7.33. The molecule has 2 heterocycles. The van der Waals surface area contributed by atoms with Crippen molar-refractivity contribution < 1.29 is 19.3 Å². The maximum Gasteiger partial charge on any atom is 0.142 e. The first kappa shape index (κ1) is 21.0. The number of benzene rings is 2. The third-order valence-electron chi connectivity index (χ3n) is 6.24. The molecular weight excluding hydrogens is 380 g/mol. The first-order valence-electron chi connectivity index (χ1n) is 10.6. The number of anilines is 1. The van der Waals surface area contributed by atoms with Gasteiger partial charge in [0, 0.05) is 44.4 Å². The van der Waals surface area contributed by atoms with E-state index in [2.05, 4.69) is 41.0 Å².